The molecule has 2 rings (SSSR count). The molecule has 2 aromatic rings. The van der Waals surface area contributed by atoms with Crippen LogP contribution in [0.2, 0.25) is 0 Å². The number of hydrogen-bond donors (Lipinski definition) is 2. The average molecular weight is 242 g/mol. The SMILES string of the molecule is CC(N)CCNC(=O)c1cccc2ccccc12. The van der Waals surface area contributed by atoms with E-state index < -0.39 is 0 Å². The van der Waals surface area contributed by atoms with Crippen LogP contribution >= 0.6 is 0 Å². The molecule has 1 atom stereocenters. The van der Waals surface area contributed by atoms with Gasteiger partial charge in [0.25, 0.3) is 5.91 Å². The summed E-state index contributed by atoms with van der Waals surface area (Å²) in [5, 5.41) is 4.97. The van der Waals surface area contributed by atoms with Crippen LogP contribution < -0.4 is 11.1 Å². The number of carbonyl (C=O) groups excluding carboxylic acids is 1. The number of rotatable bonds is 4. The Morgan fingerprint density at radius 2 is 1.94 bits per heavy atom. The highest BCUT2D eigenvalue weighted by Gasteiger charge is 2.08. The number of nitrogens with two attached hydrogens (primary N) is 1. The number of amides is 1. The van der Waals surface area contributed by atoms with Crippen molar-refractivity contribution in [1.29, 1.82) is 0 Å². The molecule has 2 aromatic carbocycles. The van der Waals surface area contributed by atoms with Gasteiger partial charge in [-0.05, 0) is 30.2 Å². The van der Waals surface area contributed by atoms with Crippen molar-refractivity contribution in [2.24, 2.45) is 5.73 Å². The van der Waals surface area contributed by atoms with Crippen molar-refractivity contribution in [1.82, 2.24) is 5.32 Å². The summed E-state index contributed by atoms with van der Waals surface area (Å²) in [5.41, 5.74) is 6.38. The van der Waals surface area contributed by atoms with Crippen LogP contribution in [0.1, 0.15) is 23.7 Å². The first-order valence-electron chi connectivity index (χ1n) is 6.20. The number of carbonyl (C=O) groups is 1. The lowest BCUT2D eigenvalue weighted by molar-refractivity contribution is 0.0954. The first kappa shape index (κ1) is 12.6. The van der Waals surface area contributed by atoms with Gasteiger partial charge in [-0.1, -0.05) is 36.4 Å². The van der Waals surface area contributed by atoms with Crippen molar-refractivity contribution >= 4 is 16.7 Å². The van der Waals surface area contributed by atoms with Crippen LogP contribution in [-0.4, -0.2) is 18.5 Å². The average Bonchev–Trinajstić information content (AvgIpc) is 2.37. The maximum Gasteiger partial charge on any atom is 0.251 e. The van der Waals surface area contributed by atoms with Crippen LogP contribution in [0.5, 0.6) is 0 Å². The molecule has 0 aliphatic heterocycles. The van der Waals surface area contributed by atoms with Crippen molar-refractivity contribution in [3.8, 4) is 0 Å². The van der Waals surface area contributed by atoms with Crippen LogP contribution in [0.25, 0.3) is 10.8 Å². The van der Waals surface area contributed by atoms with Crippen LogP contribution in [0, 0.1) is 0 Å². The lowest BCUT2D eigenvalue weighted by atomic mass is 10.0. The van der Waals surface area contributed by atoms with Gasteiger partial charge in [-0.15, -0.1) is 0 Å². The van der Waals surface area contributed by atoms with E-state index in [4.69, 9.17) is 5.73 Å². The summed E-state index contributed by atoms with van der Waals surface area (Å²) in [5.74, 6) is -0.0348. The van der Waals surface area contributed by atoms with Crippen molar-refractivity contribution in [2.45, 2.75) is 19.4 Å². The molecule has 0 aliphatic rings. The van der Waals surface area contributed by atoms with Crippen molar-refractivity contribution < 1.29 is 4.79 Å². The zero-order valence-corrected chi connectivity index (χ0v) is 10.5. The van der Waals surface area contributed by atoms with E-state index >= 15 is 0 Å². The third-order valence-corrected chi connectivity index (χ3v) is 2.92. The first-order valence-corrected chi connectivity index (χ1v) is 6.20. The van der Waals surface area contributed by atoms with Gasteiger partial charge in [-0.25, -0.2) is 0 Å². The number of hydrogen-bond acceptors (Lipinski definition) is 2. The highest BCUT2D eigenvalue weighted by atomic mass is 16.1. The van der Waals surface area contributed by atoms with E-state index in [-0.39, 0.29) is 11.9 Å². The molecule has 3 nitrogen and oxygen atoms in total. The van der Waals surface area contributed by atoms with Gasteiger partial charge < -0.3 is 11.1 Å². The van der Waals surface area contributed by atoms with E-state index in [0.717, 1.165) is 22.8 Å². The molecule has 18 heavy (non-hydrogen) atoms. The monoisotopic (exact) mass is 242 g/mol. The highest BCUT2D eigenvalue weighted by Crippen LogP contribution is 2.18. The fraction of sp³-hybridized carbons (Fsp3) is 0.267. The van der Waals surface area contributed by atoms with Crippen LogP contribution in [0.15, 0.2) is 42.5 Å². The maximum absolute atomic E-state index is 12.1. The molecule has 1 unspecified atom stereocenters. The van der Waals surface area contributed by atoms with Gasteiger partial charge in [0.05, 0.1) is 0 Å². The van der Waals surface area contributed by atoms with E-state index in [1.807, 2.05) is 49.4 Å². The Bertz CT molecular complexity index is 544. The molecule has 0 heterocycles. The normalized spacial score (nSPS) is 12.3. The summed E-state index contributed by atoms with van der Waals surface area (Å²) in [6.45, 7) is 2.55. The van der Waals surface area contributed by atoms with E-state index in [2.05, 4.69) is 5.32 Å². The molecule has 0 aliphatic carbocycles. The molecule has 3 heteroatoms. The predicted molar refractivity (Wildman–Crippen MR) is 74.5 cm³/mol. The molecule has 3 N–H and O–H groups in total. The minimum absolute atomic E-state index is 0.0348. The van der Waals surface area contributed by atoms with Gasteiger partial charge >= 0.3 is 0 Å². The summed E-state index contributed by atoms with van der Waals surface area (Å²) in [6, 6.07) is 13.8. The second kappa shape index (κ2) is 5.65. The smallest absolute Gasteiger partial charge is 0.251 e. The second-order valence-electron chi connectivity index (χ2n) is 4.55. The number of benzene rings is 2. The highest BCUT2D eigenvalue weighted by molar-refractivity contribution is 6.06. The van der Waals surface area contributed by atoms with Crippen molar-refractivity contribution in [3.05, 3.63) is 48.0 Å². The second-order valence-corrected chi connectivity index (χ2v) is 4.55. The Kier molecular flexibility index (Phi) is 3.95. The van der Waals surface area contributed by atoms with Crippen LogP contribution in [0.4, 0.5) is 0 Å². The van der Waals surface area contributed by atoms with E-state index in [9.17, 15) is 4.79 Å². The fourth-order valence-corrected chi connectivity index (χ4v) is 1.93. The number of fused-ring (bicyclic) bond motifs is 1. The molecule has 0 bridgehead atoms. The Labute approximate surface area is 107 Å². The molecule has 0 fully saturated rings. The minimum Gasteiger partial charge on any atom is -0.352 e. The van der Waals surface area contributed by atoms with E-state index in [0.29, 0.717) is 6.54 Å². The van der Waals surface area contributed by atoms with Crippen molar-refractivity contribution in [3.63, 3.8) is 0 Å². The first-order chi connectivity index (χ1) is 8.68. The molecule has 0 aromatic heterocycles. The molecule has 0 saturated heterocycles. The van der Waals surface area contributed by atoms with E-state index in [1.54, 1.807) is 0 Å². The lowest BCUT2D eigenvalue weighted by Crippen LogP contribution is -2.29. The lowest BCUT2D eigenvalue weighted by Gasteiger charge is -2.09. The molecule has 1 amide bonds. The van der Waals surface area contributed by atoms with Gasteiger partial charge in [-0.2, -0.15) is 0 Å². The molecule has 94 valence electrons. The van der Waals surface area contributed by atoms with Crippen molar-refractivity contribution in [2.75, 3.05) is 6.54 Å². The summed E-state index contributed by atoms with van der Waals surface area (Å²) in [6.07, 6.45) is 0.788. The van der Waals surface area contributed by atoms with Gasteiger partial charge in [0.2, 0.25) is 0 Å². The molecule has 0 spiro atoms. The van der Waals surface area contributed by atoms with Gasteiger partial charge in [0.1, 0.15) is 0 Å². The van der Waals surface area contributed by atoms with Gasteiger partial charge in [0.15, 0.2) is 0 Å². The summed E-state index contributed by atoms with van der Waals surface area (Å²) in [7, 11) is 0. The zero-order chi connectivity index (χ0) is 13.0. The summed E-state index contributed by atoms with van der Waals surface area (Å²) < 4.78 is 0. The topological polar surface area (TPSA) is 55.1 Å². The maximum atomic E-state index is 12.1. The molecule has 0 saturated carbocycles. The third kappa shape index (κ3) is 2.87. The molecule has 0 radical (unpaired) electrons. The summed E-state index contributed by atoms with van der Waals surface area (Å²) >= 11 is 0. The Morgan fingerprint density at radius 1 is 1.22 bits per heavy atom. The van der Waals surface area contributed by atoms with Gasteiger partial charge in [-0.3, -0.25) is 4.79 Å². The predicted octanol–water partition coefficient (Wildman–Crippen LogP) is 2.31. The minimum atomic E-state index is -0.0348. The Hall–Kier alpha value is -1.87. The number of nitrogens with one attached hydrogen (secondary N) is 1. The largest absolute Gasteiger partial charge is 0.352 e. The zero-order valence-electron chi connectivity index (χ0n) is 10.5. The van der Waals surface area contributed by atoms with Gasteiger partial charge in [0, 0.05) is 18.2 Å². The Balaban J connectivity index is 2.17. The fourth-order valence-electron chi connectivity index (χ4n) is 1.93. The Morgan fingerprint density at radius 3 is 2.72 bits per heavy atom. The summed E-state index contributed by atoms with van der Waals surface area (Å²) in [4.78, 5) is 12.1. The van der Waals surface area contributed by atoms with Crippen LogP contribution in [0.3, 0.4) is 0 Å². The standard InChI is InChI=1S/C15H18N2O/c1-11(16)9-10-17-15(18)14-8-4-6-12-5-2-3-7-13(12)14/h2-8,11H,9-10,16H2,1H3,(H,17,18). The quantitative estimate of drug-likeness (QED) is 0.864. The molecular formula is C15H18N2O. The molecular weight excluding hydrogens is 224 g/mol. The van der Waals surface area contributed by atoms with Crippen LogP contribution in [-0.2, 0) is 0 Å². The third-order valence-electron chi connectivity index (χ3n) is 2.92. The van der Waals surface area contributed by atoms with E-state index in [1.165, 1.54) is 0 Å².